The number of aromatic amines is 1. The van der Waals surface area contributed by atoms with Crippen LogP contribution < -0.4 is 5.32 Å². The Morgan fingerprint density at radius 1 is 1.33 bits per heavy atom. The molecule has 2 aromatic rings. The van der Waals surface area contributed by atoms with Gasteiger partial charge in [0.2, 0.25) is 0 Å². The lowest BCUT2D eigenvalue weighted by molar-refractivity contribution is 0.453. The van der Waals surface area contributed by atoms with Crippen LogP contribution in [0.3, 0.4) is 0 Å². The molecular weight excluding hydrogens is 226 g/mol. The second-order valence-corrected chi connectivity index (χ2v) is 4.71. The molecule has 1 atom stereocenters. The standard InChI is InChI=1S/C13H17N5/c1-9-17-11(10-3-2-4-14-8-10)7-12(18-9)13-15-5-6-16-13/h5-7,10,14H,2-4,8H2,1H3,(H,15,16). The molecular formula is C13H17N5. The van der Waals surface area contributed by atoms with Crippen LogP contribution in [0.25, 0.3) is 11.5 Å². The number of imidazole rings is 1. The summed E-state index contributed by atoms with van der Waals surface area (Å²) in [5.74, 6) is 2.11. The summed E-state index contributed by atoms with van der Waals surface area (Å²) in [6.45, 7) is 4.06. The Morgan fingerprint density at radius 2 is 2.28 bits per heavy atom. The van der Waals surface area contributed by atoms with Crippen LogP contribution in [0.4, 0.5) is 0 Å². The van der Waals surface area contributed by atoms with Crippen molar-refractivity contribution in [1.29, 1.82) is 0 Å². The van der Waals surface area contributed by atoms with E-state index < -0.39 is 0 Å². The Morgan fingerprint density at radius 3 is 3.00 bits per heavy atom. The fraction of sp³-hybridized carbons (Fsp3) is 0.462. The van der Waals surface area contributed by atoms with Gasteiger partial charge in [-0.25, -0.2) is 15.0 Å². The Hall–Kier alpha value is -1.75. The zero-order valence-corrected chi connectivity index (χ0v) is 10.5. The van der Waals surface area contributed by atoms with Gasteiger partial charge in [0.1, 0.15) is 11.5 Å². The molecule has 0 spiro atoms. The van der Waals surface area contributed by atoms with E-state index in [-0.39, 0.29) is 0 Å². The second kappa shape index (κ2) is 4.86. The lowest BCUT2D eigenvalue weighted by Crippen LogP contribution is -2.29. The number of aromatic nitrogens is 4. The van der Waals surface area contributed by atoms with Gasteiger partial charge < -0.3 is 10.3 Å². The Balaban J connectivity index is 1.95. The predicted octanol–water partition coefficient (Wildman–Crippen LogP) is 1.64. The molecule has 0 amide bonds. The molecule has 1 aliphatic rings. The third-order valence-corrected chi connectivity index (χ3v) is 3.31. The van der Waals surface area contributed by atoms with E-state index in [0.717, 1.165) is 36.1 Å². The normalized spacial score (nSPS) is 19.9. The minimum atomic E-state index is 0.495. The van der Waals surface area contributed by atoms with Crippen LogP contribution in [0, 0.1) is 6.92 Å². The maximum Gasteiger partial charge on any atom is 0.156 e. The van der Waals surface area contributed by atoms with E-state index in [4.69, 9.17) is 0 Å². The number of H-pyrrole nitrogens is 1. The van der Waals surface area contributed by atoms with E-state index in [0.29, 0.717) is 5.92 Å². The molecule has 0 saturated carbocycles. The Kier molecular flexibility index (Phi) is 3.06. The molecule has 94 valence electrons. The monoisotopic (exact) mass is 243 g/mol. The topological polar surface area (TPSA) is 66.5 Å². The molecule has 2 aromatic heterocycles. The van der Waals surface area contributed by atoms with Gasteiger partial charge in [-0.15, -0.1) is 0 Å². The van der Waals surface area contributed by atoms with Crippen LogP contribution in [0.2, 0.25) is 0 Å². The largest absolute Gasteiger partial charge is 0.343 e. The molecule has 2 N–H and O–H groups in total. The lowest BCUT2D eigenvalue weighted by Gasteiger charge is -2.22. The van der Waals surface area contributed by atoms with E-state index >= 15 is 0 Å². The van der Waals surface area contributed by atoms with Crippen molar-refractivity contribution in [2.45, 2.75) is 25.7 Å². The molecule has 0 bridgehead atoms. The highest BCUT2D eigenvalue weighted by Crippen LogP contribution is 2.24. The van der Waals surface area contributed by atoms with Gasteiger partial charge >= 0.3 is 0 Å². The summed E-state index contributed by atoms with van der Waals surface area (Å²) in [6, 6.07) is 2.06. The van der Waals surface area contributed by atoms with Crippen LogP contribution in [-0.4, -0.2) is 33.0 Å². The zero-order chi connectivity index (χ0) is 12.4. The average Bonchev–Trinajstić information content (AvgIpc) is 2.93. The summed E-state index contributed by atoms with van der Waals surface area (Å²) < 4.78 is 0. The zero-order valence-electron chi connectivity index (χ0n) is 10.5. The number of hydrogen-bond donors (Lipinski definition) is 2. The van der Waals surface area contributed by atoms with E-state index in [9.17, 15) is 0 Å². The van der Waals surface area contributed by atoms with Gasteiger partial charge in [-0.1, -0.05) is 0 Å². The van der Waals surface area contributed by atoms with Gasteiger partial charge in [0.05, 0.1) is 0 Å². The highest BCUT2D eigenvalue weighted by molar-refractivity contribution is 5.49. The van der Waals surface area contributed by atoms with Crippen LogP contribution in [0.15, 0.2) is 18.5 Å². The highest BCUT2D eigenvalue weighted by atomic mass is 15.0. The SMILES string of the molecule is Cc1nc(-c2ncc[nH]2)cc(C2CCCNC2)n1. The van der Waals surface area contributed by atoms with Crippen molar-refractivity contribution in [3.8, 4) is 11.5 Å². The molecule has 3 rings (SSSR count). The minimum Gasteiger partial charge on any atom is -0.343 e. The molecule has 0 radical (unpaired) electrons. The van der Waals surface area contributed by atoms with Crippen LogP contribution >= 0.6 is 0 Å². The number of rotatable bonds is 2. The van der Waals surface area contributed by atoms with Gasteiger partial charge in [-0.3, -0.25) is 0 Å². The first-order valence-corrected chi connectivity index (χ1v) is 6.39. The molecule has 5 nitrogen and oxygen atoms in total. The van der Waals surface area contributed by atoms with Crippen molar-refractivity contribution < 1.29 is 0 Å². The third kappa shape index (κ3) is 2.26. The second-order valence-electron chi connectivity index (χ2n) is 4.71. The molecule has 1 saturated heterocycles. The maximum atomic E-state index is 4.57. The van der Waals surface area contributed by atoms with Crippen LogP contribution in [0.1, 0.15) is 30.3 Å². The summed E-state index contributed by atoms with van der Waals surface area (Å²) in [5, 5.41) is 3.42. The first-order valence-electron chi connectivity index (χ1n) is 6.39. The molecule has 1 unspecified atom stereocenters. The van der Waals surface area contributed by atoms with E-state index in [1.165, 1.54) is 12.8 Å². The predicted molar refractivity (Wildman–Crippen MR) is 69.2 cm³/mol. The van der Waals surface area contributed by atoms with Crippen molar-refractivity contribution >= 4 is 0 Å². The molecule has 18 heavy (non-hydrogen) atoms. The Labute approximate surface area is 106 Å². The molecule has 0 aromatic carbocycles. The summed E-state index contributed by atoms with van der Waals surface area (Å²) in [6.07, 6.45) is 5.97. The smallest absolute Gasteiger partial charge is 0.156 e. The van der Waals surface area contributed by atoms with E-state index in [1.54, 1.807) is 6.20 Å². The number of piperidine rings is 1. The first kappa shape index (κ1) is 11.3. The molecule has 3 heterocycles. The van der Waals surface area contributed by atoms with Crippen LogP contribution in [0.5, 0.6) is 0 Å². The number of aryl methyl sites for hydroxylation is 1. The van der Waals surface area contributed by atoms with Gasteiger partial charge in [0.25, 0.3) is 0 Å². The fourth-order valence-corrected chi connectivity index (χ4v) is 2.43. The quantitative estimate of drug-likeness (QED) is 0.841. The molecule has 1 fully saturated rings. The number of nitrogens with zero attached hydrogens (tertiary/aromatic N) is 3. The maximum absolute atomic E-state index is 4.57. The summed E-state index contributed by atoms with van der Waals surface area (Å²) in [4.78, 5) is 16.4. The van der Waals surface area contributed by atoms with Crippen molar-refractivity contribution in [3.05, 3.63) is 30.0 Å². The molecule has 5 heteroatoms. The van der Waals surface area contributed by atoms with Crippen LogP contribution in [-0.2, 0) is 0 Å². The van der Waals surface area contributed by atoms with Gasteiger partial charge in [0, 0.05) is 30.6 Å². The number of hydrogen-bond acceptors (Lipinski definition) is 4. The van der Waals surface area contributed by atoms with Gasteiger partial charge in [-0.2, -0.15) is 0 Å². The molecule has 1 aliphatic heterocycles. The number of nitrogens with one attached hydrogen (secondary N) is 2. The Bertz CT molecular complexity index is 514. The summed E-state index contributed by atoms with van der Waals surface area (Å²) in [5.41, 5.74) is 2.01. The lowest BCUT2D eigenvalue weighted by atomic mass is 9.95. The van der Waals surface area contributed by atoms with E-state index in [1.807, 2.05) is 13.1 Å². The van der Waals surface area contributed by atoms with Crippen molar-refractivity contribution in [2.75, 3.05) is 13.1 Å². The molecule has 0 aliphatic carbocycles. The summed E-state index contributed by atoms with van der Waals surface area (Å²) >= 11 is 0. The first-order chi connectivity index (χ1) is 8.83. The summed E-state index contributed by atoms with van der Waals surface area (Å²) in [7, 11) is 0. The van der Waals surface area contributed by atoms with Crippen molar-refractivity contribution in [2.24, 2.45) is 0 Å². The average molecular weight is 243 g/mol. The third-order valence-electron chi connectivity index (χ3n) is 3.31. The van der Waals surface area contributed by atoms with Gasteiger partial charge in [0.15, 0.2) is 5.82 Å². The van der Waals surface area contributed by atoms with Crippen molar-refractivity contribution in [1.82, 2.24) is 25.3 Å². The van der Waals surface area contributed by atoms with Gasteiger partial charge in [-0.05, 0) is 32.4 Å². The van der Waals surface area contributed by atoms with Crippen molar-refractivity contribution in [3.63, 3.8) is 0 Å². The van der Waals surface area contributed by atoms with E-state index in [2.05, 4.69) is 31.3 Å². The minimum absolute atomic E-state index is 0.495. The fourth-order valence-electron chi connectivity index (χ4n) is 2.43. The highest BCUT2D eigenvalue weighted by Gasteiger charge is 2.18.